The van der Waals surface area contributed by atoms with Crippen molar-refractivity contribution in [3.63, 3.8) is 0 Å². The minimum atomic E-state index is 0.112. The quantitative estimate of drug-likeness (QED) is 0.782. The molecule has 1 aliphatic rings. The molecule has 2 atom stereocenters. The Hall–Kier alpha value is -1.43. The third-order valence-electron chi connectivity index (χ3n) is 3.47. The van der Waals surface area contributed by atoms with Gasteiger partial charge in [-0.2, -0.15) is 0 Å². The van der Waals surface area contributed by atoms with E-state index in [0.717, 1.165) is 6.54 Å². The van der Waals surface area contributed by atoms with Crippen molar-refractivity contribution in [1.29, 1.82) is 0 Å². The van der Waals surface area contributed by atoms with Crippen molar-refractivity contribution in [3.05, 3.63) is 12.4 Å². The summed E-state index contributed by atoms with van der Waals surface area (Å²) >= 11 is 0. The number of hydrogen-bond acceptors (Lipinski definition) is 4. The minimum Gasteiger partial charge on any atom is -0.354 e. The second-order valence-electron chi connectivity index (χ2n) is 4.90. The van der Waals surface area contributed by atoms with Crippen LogP contribution in [-0.4, -0.2) is 40.0 Å². The molecule has 1 fully saturated rings. The normalized spacial score (nSPS) is 23.8. The van der Waals surface area contributed by atoms with E-state index >= 15 is 0 Å². The van der Waals surface area contributed by atoms with Crippen molar-refractivity contribution in [3.8, 4) is 0 Å². The van der Waals surface area contributed by atoms with E-state index in [1.165, 1.54) is 12.8 Å². The fourth-order valence-electron chi connectivity index (χ4n) is 2.32. The summed E-state index contributed by atoms with van der Waals surface area (Å²) in [6.45, 7) is 4.50. The lowest BCUT2D eigenvalue weighted by atomic mass is 9.90. The van der Waals surface area contributed by atoms with E-state index in [4.69, 9.17) is 0 Å². The third kappa shape index (κ3) is 3.80. The zero-order valence-electron chi connectivity index (χ0n) is 10.8. The van der Waals surface area contributed by atoms with Crippen LogP contribution in [0.15, 0.2) is 12.4 Å². The average molecular weight is 251 g/mol. The van der Waals surface area contributed by atoms with Crippen LogP contribution >= 0.6 is 0 Å². The van der Waals surface area contributed by atoms with Gasteiger partial charge < -0.3 is 10.6 Å². The number of carbonyl (C=O) groups excluding carboxylic acids is 1. The number of aromatic nitrogens is 3. The van der Waals surface area contributed by atoms with Crippen molar-refractivity contribution < 1.29 is 4.79 Å². The molecule has 0 bridgehead atoms. The van der Waals surface area contributed by atoms with Crippen molar-refractivity contribution in [2.75, 3.05) is 13.1 Å². The van der Waals surface area contributed by atoms with Crippen LogP contribution in [0.4, 0.5) is 0 Å². The van der Waals surface area contributed by atoms with Gasteiger partial charge in [0.1, 0.15) is 0 Å². The van der Waals surface area contributed by atoms with E-state index in [2.05, 4.69) is 27.9 Å². The van der Waals surface area contributed by atoms with Crippen LogP contribution in [0, 0.1) is 5.92 Å². The largest absolute Gasteiger partial charge is 0.354 e. The highest BCUT2D eigenvalue weighted by atomic mass is 16.1. The summed E-state index contributed by atoms with van der Waals surface area (Å²) < 4.78 is 1.71. The van der Waals surface area contributed by atoms with Crippen LogP contribution < -0.4 is 10.6 Å². The number of amides is 1. The predicted octanol–water partition coefficient (Wildman–Crippen LogP) is 0.173. The number of nitrogens with one attached hydrogen (secondary N) is 2. The standard InChI is InChI=1S/C12H21N5O/c1-10-3-2-4-13-11(10)9-12(18)14-5-7-17-8-6-15-16-17/h6,8,10-11,13H,2-5,7,9H2,1H3,(H,14,18). The Morgan fingerprint density at radius 3 is 3.22 bits per heavy atom. The van der Waals surface area contributed by atoms with Gasteiger partial charge in [0.2, 0.25) is 5.91 Å². The maximum absolute atomic E-state index is 11.8. The van der Waals surface area contributed by atoms with Crippen molar-refractivity contribution in [2.24, 2.45) is 5.92 Å². The van der Waals surface area contributed by atoms with Crippen molar-refractivity contribution in [1.82, 2.24) is 25.6 Å². The average Bonchev–Trinajstić information content (AvgIpc) is 2.85. The van der Waals surface area contributed by atoms with Crippen LogP contribution in [0.25, 0.3) is 0 Å². The Morgan fingerprint density at radius 2 is 2.50 bits per heavy atom. The van der Waals surface area contributed by atoms with Gasteiger partial charge in [-0.05, 0) is 25.3 Å². The molecule has 100 valence electrons. The van der Waals surface area contributed by atoms with Gasteiger partial charge in [-0.3, -0.25) is 9.48 Å². The molecule has 1 aromatic heterocycles. The van der Waals surface area contributed by atoms with E-state index in [1.54, 1.807) is 17.1 Å². The molecule has 2 unspecified atom stereocenters. The SMILES string of the molecule is CC1CCCNC1CC(=O)NCCn1ccnn1. The van der Waals surface area contributed by atoms with E-state index in [-0.39, 0.29) is 5.91 Å². The van der Waals surface area contributed by atoms with Gasteiger partial charge in [-0.1, -0.05) is 12.1 Å². The summed E-state index contributed by atoms with van der Waals surface area (Å²) in [5, 5.41) is 13.9. The van der Waals surface area contributed by atoms with Gasteiger partial charge in [-0.25, -0.2) is 0 Å². The maximum Gasteiger partial charge on any atom is 0.221 e. The van der Waals surface area contributed by atoms with Crippen LogP contribution in [0.5, 0.6) is 0 Å². The van der Waals surface area contributed by atoms with Gasteiger partial charge in [0, 0.05) is 25.2 Å². The Morgan fingerprint density at radius 1 is 1.61 bits per heavy atom. The lowest BCUT2D eigenvalue weighted by Crippen LogP contribution is -2.43. The van der Waals surface area contributed by atoms with Gasteiger partial charge in [0.15, 0.2) is 0 Å². The van der Waals surface area contributed by atoms with Gasteiger partial charge in [-0.15, -0.1) is 5.10 Å². The van der Waals surface area contributed by atoms with Crippen LogP contribution in [0.1, 0.15) is 26.2 Å². The molecule has 0 spiro atoms. The van der Waals surface area contributed by atoms with E-state index in [9.17, 15) is 4.79 Å². The number of piperidine rings is 1. The number of nitrogens with zero attached hydrogens (tertiary/aromatic N) is 3. The van der Waals surface area contributed by atoms with Gasteiger partial charge in [0.25, 0.3) is 0 Å². The highest BCUT2D eigenvalue weighted by Crippen LogP contribution is 2.17. The Bertz CT molecular complexity index is 365. The molecule has 2 rings (SSSR count). The summed E-state index contributed by atoms with van der Waals surface area (Å²) in [6.07, 6.45) is 6.42. The second-order valence-corrected chi connectivity index (χ2v) is 4.90. The molecule has 0 aliphatic carbocycles. The fraction of sp³-hybridized carbons (Fsp3) is 0.750. The monoisotopic (exact) mass is 251 g/mol. The summed E-state index contributed by atoms with van der Waals surface area (Å²) in [5.41, 5.74) is 0. The molecule has 6 heteroatoms. The lowest BCUT2D eigenvalue weighted by Gasteiger charge is -2.29. The first-order chi connectivity index (χ1) is 8.75. The maximum atomic E-state index is 11.8. The number of rotatable bonds is 5. The molecule has 1 aromatic rings. The first-order valence-corrected chi connectivity index (χ1v) is 6.60. The topological polar surface area (TPSA) is 71.8 Å². The summed E-state index contributed by atoms with van der Waals surface area (Å²) in [7, 11) is 0. The second kappa shape index (κ2) is 6.49. The molecule has 1 saturated heterocycles. The van der Waals surface area contributed by atoms with Gasteiger partial charge in [0.05, 0.1) is 12.7 Å². The molecule has 0 aromatic carbocycles. The summed E-state index contributed by atoms with van der Waals surface area (Å²) in [6, 6.07) is 0.324. The third-order valence-corrected chi connectivity index (χ3v) is 3.47. The molecule has 0 radical (unpaired) electrons. The highest BCUT2D eigenvalue weighted by molar-refractivity contribution is 5.76. The van der Waals surface area contributed by atoms with Crippen LogP contribution in [-0.2, 0) is 11.3 Å². The zero-order valence-corrected chi connectivity index (χ0v) is 10.8. The number of carbonyl (C=O) groups is 1. The Kier molecular flexibility index (Phi) is 4.69. The Labute approximate surface area is 107 Å². The lowest BCUT2D eigenvalue weighted by molar-refractivity contribution is -0.122. The molecule has 18 heavy (non-hydrogen) atoms. The van der Waals surface area contributed by atoms with Crippen molar-refractivity contribution in [2.45, 2.75) is 38.8 Å². The van der Waals surface area contributed by atoms with Crippen LogP contribution in [0.3, 0.4) is 0 Å². The molecule has 1 amide bonds. The summed E-state index contributed by atoms with van der Waals surface area (Å²) in [5.74, 6) is 0.696. The molecule has 2 heterocycles. The van der Waals surface area contributed by atoms with E-state index < -0.39 is 0 Å². The first-order valence-electron chi connectivity index (χ1n) is 6.60. The zero-order chi connectivity index (χ0) is 12.8. The van der Waals surface area contributed by atoms with Gasteiger partial charge >= 0.3 is 0 Å². The van der Waals surface area contributed by atoms with E-state index in [1.807, 2.05) is 0 Å². The summed E-state index contributed by atoms with van der Waals surface area (Å²) in [4.78, 5) is 11.8. The highest BCUT2D eigenvalue weighted by Gasteiger charge is 2.22. The molecule has 6 nitrogen and oxygen atoms in total. The molecule has 0 saturated carbocycles. The van der Waals surface area contributed by atoms with E-state index in [0.29, 0.717) is 31.5 Å². The predicted molar refractivity (Wildman–Crippen MR) is 67.8 cm³/mol. The Balaban J connectivity index is 1.65. The van der Waals surface area contributed by atoms with Crippen molar-refractivity contribution >= 4 is 5.91 Å². The first kappa shape index (κ1) is 13.0. The molecular weight excluding hydrogens is 230 g/mol. The smallest absolute Gasteiger partial charge is 0.221 e. The molecule has 2 N–H and O–H groups in total. The minimum absolute atomic E-state index is 0.112. The number of hydrogen-bond donors (Lipinski definition) is 2. The fourth-order valence-corrected chi connectivity index (χ4v) is 2.32. The van der Waals surface area contributed by atoms with Crippen LogP contribution in [0.2, 0.25) is 0 Å². The molecular formula is C12H21N5O. The molecule has 1 aliphatic heterocycles.